The highest BCUT2D eigenvalue weighted by Crippen LogP contribution is 2.56. The molecule has 8 nitrogen and oxygen atoms in total. The lowest BCUT2D eigenvalue weighted by Crippen LogP contribution is -2.54. The quantitative estimate of drug-likeness (QED) is 0.149. The lowest BCUT2D eigenvalue weighted by Gasteiger charge is -2.38. The van der Waals surface area contributed by atoms with Crippen LogP contribution in [0.4, 0.5) is 26.3 Å². The smallest absolute Gasteiger partial charge is 0.411 e. The average Bonchev–Trinajstić information content (AvgIpc) is 3.20. The summed E-state index contributed by atoms with van der Waals surface area (Å²) in [5.74, 6) is 0.503. The second-order valence-electron chi connectivity index (χ2n) is 12.9. The number of aromatic nitrogens is 4. The van der Waals surface area contributed by atoms with Crippen molar-refractivity contribution in [1.82, 2.24) is 20.4 Å². The maximum Gasteiger partial charge on any atom is 0.411 e. The van der Waals surface area contributed by atoms with Crippen molar-refractivity contribution in [3.8, 4) is 45.5 Å². The molecule has 6 aromatic carbocycles. The minimum Gasteiger partial charge on any atom is -0.457 e. The van der Waals surface area contributed by atoms with E-state index in [0.29, 0.717) is 44.1 Å². The van der Waals surface area contributed by atoms with Crippen molar-refractivity contribution in [2.45, 2.75) is 17.8 Å². The lowest BCUT2D eigenvalue weighted by molar-refractivity contribution is -0.288. The van der Waals surface area contributed by atoms with Gasteiger partial charge >= 0.3 is 12.4 Å². The average molecular weight is 777 g/mol. The molecule has 0 saturated heterocycles. The van der Waals surface area contributed by atoms with E-state index < -0.39 is 28.9 Å². The number of aromatic amines is 2. The summed E-state index contributed by atoms with van der Waals surface area (Å²) in [7, 11) is 0. The number of benzene rings is 6. The van der Waals surface area contributed by atoms with Gasteiger partial charge in [0.2, 0.25) is 5.41 Å². The van der Waals surface area contributed by atoms with Crippen LogP contribution >= 0.6 is 0 Å². The molecule has 0 fully saturated rings. The lowest BCUT2D eigenvalue weighted by atomic mass is 9.73. The van der Waals surface area contributed by atoms with Crippen molar-refractivity contribution in [1.29, 1.82) is 0 Å². The van der Waals surface area contributed by atoms with Crippen LogP contribution in [-0.2, 0) is 5.41 Å². The van der Waals surface area contributed by atoms with Gasteiger partial charge in [0.25, 0.3) is 11.1 Å². The van der Waals surface area contributed by atoms with E-state index in [9.17, 15) is 35.9 Å². The molecule has 0 bridgehead atoms. The zero-order chi connectivity index (χ0) is 40.0. The van der Waals surface area contributed by atoms with E-state index in [2.05, 4.69) is 20.4 Å². The van der Waals surface area contributed by atoms with Gasteiger partial charge in [0.05, 0.1) is 22.2 Å². The molecule has 8 aromatic rings. The van der Waals surface area contributed by atoms with Crippen molar-refractivity contribution in [2.75, 3.05) is 0 Å². The zero-order valence-electron chi connectivity index (χ0n) is 29.2. The van der Waals surface area contributed by atoms with Crippen molar-refractivity contribution < 1.29 is 35.8 Å². The van der Waals surface area contributed by atoms with Crippen LogP contribution in [-0.4, -0.2) is 32.7 Å². The first-order valence-corrected chi connectivity index (χ1v) is 17.2. The molecule has 14 heteroatoms. The number of ether oxygens (including phenoxy) is 2. The van der Waals surface area contributed by atoms with Gasteiger partial charge in [0.1, 0.15) is 23.0 Å². The van der Waals surface area contributed by atoms with Crippen molar-refractivity contribution >= 4 is 21.5 Å². The third-order valence-corrected chi connectivity index (χ3v) is 9.54. The van der Waals surface area contributed by atoms with E-state index >= 15 is 0 Å². The normalized spacial score (nSPS) is 12.2. The Kier molecular flexibility index (Phi) is 9.11. The van der Waals surface area contributed by atoms with Gasteiger partial charge < -0.3 is 9.47 Å². The second kappa shape index (κ2) is 14.1. The summed E-state index contributed by atoms with van der Waals surface area (Å²) in [5.41, 5.74) is -4.94. The molecule has 0 aliphatic carbocycles. The van der Waals surface area contributed by atoms with Crippen LogP contribution < -0.4 is 20.6 Å². The maximum atomic E-state index is 14.9. The van der Waals surface area contributed by atoms with Crippen LogP contribution in [0, 0.1) is 0 Å². The number of nitrogens with zero attached hydrogens (tertiary/aromatic N) is 2. The van der Waals surface area contributed by atoms with Gasteiger partial charge in [0, 0.05) is 21.9 Å². The number of halogens is 6. The van der Waals surface area contributed by atoms with E-state index in [-0.39, 0.29) is 34.1 Å². The molecule has 57 heavy (non-hydrogen) atoms. The van der Waals surface area contributed by atoms with Gasteiger partial charge in [-0.05, 0) is 96.1 Å². The van der Waals surface area contributed by atoms with Gasteiger partial charge in [-0.1, -0.05) is 60.7 Å². The third-order valence-electron chi connectivity index (χ3n) is 9.54. The molecule has 2 heterocycles. The van der Waals surface area contributed by atoms with Crippen LogP contribution in [0.3, 0.4) is 0 Å². The Morgan fingerprint density at radius 3 is 1.02 bits per heavy atom. The Morgan fingerprint density at radius 2 is 0.702 bits per heavy atom. The molecule has 2 N–H and O–H groups in total. The number of hydrogen-bond acceptors (Lipinski definition) is 6. The molecule has 2 aromatic heterocycles. The standard InChI is InChI=1S/C43H26F6N4O4/c44-42(45,46)41(43(47,48)49,27-13-21-31(22-14-27)56-29-17-9-25(10-18-29)37-33-5-1-3-7-35(33)39(54)52-50-37)28-15-23-32(24-16-28)57-30-19-11-26(12-20-30)38-34-6-2-4-8-36(34)40(55)53-51-38/h1-24H,(H,52,54)(H,53,55). The molecule has 0 aliphatic rings. The van der Waals surface area contributed by atoms with Gasteiger partial charge in [-0.3, -0.25) is 9.59 Å². The minimum atomic E-state index is -5.80. The predicted octanol–water partition coefficient (Wildman–Crippen LogP) is 10.5. The van der Waals surface area contributed by atoms with E-state index in [1.807, 2.05) is 0 Å². The van der Waals surface area contributed by atoms with Crippen molar-refractivity contribution in [3.63, 3.8) is 0 Å². The van der Waals surface area contributed by atoms with Gasteiger partial charge in [-0.25, -0.2) is 10.2 Å². The summed E-state index contributed by atoms with van der Waals surface area (Å²) in [4.78, 5) is 24.3. The monoisotopic (exact) mass is 776 g/mol. The SMILES string of the molecule is O=c1[nH]nc(-c2ccc(Oc3ccc(C(c4ccc(Oc5ccc(-c6n[nH]c(=O)c7ccccc67)cc5)cc4)(C(F)(F)F)C(F)(F)F)cc3)cc2)c2ccccc12. The Balaban J connectivity index is 1.03. The van der Waals surface area contributed by atoms with Crippen molar-refractivity contribution in [3.05, 3.63) is 177 Å². The molecule has 0 atom stereocenters. The molecule has 284 valence electrons. The molecule has 8 rings (SSSR count). The van der Waals surface area contributed by atoms with Crippen molar-refractivity contribution in [2.24, 2.45) is 0 Å². The zero-order valence-corrected chi connectivity index (χ0v) is 29.2. The first kappa shape index (κ1) is 36.7. The fourth-order valence-corrected chi connectivity index (χ4v) is 6.83. The predicted molar refractivity (Wildman–Crippen MR) is 202 cm³/mol. The van der Waals surface area contributed by atoms with E-state index in [1.54, 1.807) is 97.1 Å². The number of fused-ring (bicyclic) bond motifs is 2. The Morgan fingerprint density at radius 1 is 0.404 bits per heavy atom. The summed E-state index contributed by atoms with van der Waals surface area (Å²) in [6, 6.07) is 33.8. The highest BCUT2D eigenvalue weighted by molar-refractivity contribution is 5.94. The summed E-state index contributed by atoms with van der Waals surface area (Å²) in [5, 5.41) is 15.3. The van der Waals surface area contributed by atoms with E-state index in [4.69, 9.17) is 9.47 Å². The molecular weight excluding hydrogens is 750 g/mol. The summed E-state index contributed by atoms with van der Waals surface area (Å²) in [6.07, 6.45) is -11.6. The number of nitrogens with one attached hydrogen (secondary N) is 2. The summed E-state index contributed by atoms with van der Waals surface area (Å²) >= 11 is 0. The van der Waals surface area contributed by atoms with Crippen LogP contribution in [0.25, 0.3) is 44.1 Å². The molecule has 0 radical (unpaired) electrons. The van der Waals surface area contributed by atoms with E-state index in [0.717, 1.165) is 48.5 Å². The Bertz CT molecular complexity index is 2660. The molecular formula is C43H26F6N4O4. The Labute approximate surface area is 318 Å². The number of hydrogen-bond donors (Lipinski definition) is 2. The number of H-pyrrole nitrogens is 2. The first-order valence-electron chi connectivity index (χ1n) is 17.2. The first-order chi connectivity index (χ1) is 27.3. The van der Waals surface area contributed by atoms with Crippen LogP contribution in [0.2, 0.25) is 0 Å². The van der Waals surface area contributed by atoms with E-state index in [1.165, 1.54) is 0 Å². The van der Waals surface area contributed by atoms with Crippen LogP contribution in [0.15, 0.2) is 155 Å². The minimum absolute atomic E-state index is 0.00310. The molecule has 0 aliphatic heterocycles. The number of rotatable bonds is 8. The topological polar surface area (TPSA) is 110 Å². The maximum absolute atomic E-state index is 14.9. The highest BCUT2D eigenvalue weighted by Gasteiger charge is 2.72. The summed E-state index contributed by atoms with van der Waals surface area (Å²) in [6.45, 7) is 0. The second-order valence-corrected chi connectivity index (χ2v) is 12.9. The molecule has 0 saturated carbocycles. The van der Waals surface area contributed by atoms with Crippen LogP contribution in [0.5, 0.6) is 23.0 Å². The molecule has 0 amide bonds. The van der Waals surface area contributed by atoms with Crippen LogP contribution in [0.1, 0.15) is 11.1 Å². The molecule has 0 unspecified atom stereocenters. The number of alkyl halides is 6. The fourth-order valence-electron chi connectivity index (χ4n) is 6.83. The molecule has 0 spiro atoms. The van der Waals surface area contributed by atoms with Gasteiger partial charge in [0.15, 0.2) is 0 Å². The third kappa shape index (κ3) is 6.64. The largest absolute Gasteiger partial charge is 0.457 e. The highest BCUT2D eigenvalue weighted by atomic mass is 19.4. The van der Waals surface area contributed by atoms with Gasteiger partial charge in [-0.2, -0.15) is 36.5 Å². The summed E-state index contributed by atoms with van der Waals surface area (Å²) < 4.78 is 101. The fraction of sp³-hybridized carbons (Fsp3) is 0.0698. The van der Waals surface area contributed by atoms with Gasteiger partial charge in [-0.15, -0.1) is 0 Å². The Hall–Kier alpha value is -7.22.